The molecule has 100 valence electrons. The van der Waals surface area contributed by atoms with Gasteiger partial charge in [0.05, 0.1) is 0 Å². The molecular weight excluding hydrogens is 232 g/mol. The van der Waals surface area contributed by atoms with Crippen LogP contribution >= 0.6 is 0 Å². The standard InChI is InChI=1S/C12H20N4O2/c1-9(2)16(11(17)18-12(3,4)5)10(13)15-8-6-7-14-15/h6-9,13H,1-5H3. The number of hydrogen-bond donors (Lipinski definition) is 1. The Hall–Kier alpha value is -1.85. The monoisotopic (exact) mass is 252 g/mol. The zero-order chi connectivity index (χ0) is 13.9. The molecule has 1 N–H and O–H groups in total. The number of rotatable bonds is 1. The maximum atomic E-state index is 12.1. The molecule has 0 saturated carbocycles. The van der Waals surface area contributed by atoms with Crippen molar-refractivity contribution in [2.24, 2.45) is 0 Å². The summed E-state index contributed by atoms with van der Waals surface area (Å²) in [6, 6.07) is 1.51. The van der Waals surface area contributed by atoms with Gasteiger partial charge in [-0.2, -0.15) is 5.10 Å². The van der Waals surface area contributed by atoms with Crippen LogP contribution in [0.15, 0.2) is 18.5 Å². The van der Waals surface area contributed by atoms with Crippen molar-refractivity contribution < 1.29 is 9.53 Å². The van der Waals surface area contributed by atoms with Crippen LogP contribution in [0.4, 0.5) is 4.79 Å². The van der Waals surface area contributed by atoms with Gasteiger partial charge in [-0.3, -0.25) is 5.41 Å². The van der Waals surface area contributed by atoms with Crippen molar-refractivity contribution in [2.75, 3.05) is 0 Å². The van der Waals surface area contributed by atoms with Gasteiger partial charge >= 0.3 is 6.09 Å². The predicted molar refractivity (Wildman–Crippen MR) is 68.6 cm³/mol. The fourth-order valence-electron chi connectivity index (χ4n) is 1.36. The summed E-state index contributed by atoms with van der Waals surface area (Å²) in [6.45, 7) is 9.02. The van der Waals surface area contributed by atoms with E-state index in [1.165, 1.54) is 9.58 Å². The largest absolute Gasteiger partial charge is 0.443 e. The summed E-state index contributed by atoms with van der Waals surface area (Å²) in [5.74, 6) is -0.0238. The van der Waals surface area contributed by atoms with Crippen molar-refractivity contribution in [3.05, 3.63) is 18.5 Å². The lowest BCUT2D eigenvalue weighted by Gasteiger charge is -2.29. The highest BCUT2D eigenvalue weighted by molar-refractivity contribution is 5.93. The summed E-state index contributed by atoms with van der Waals surface area (Å²) < 4.78 is 6.61. The number of carbonyl (C=O) groups excluding carboxylic acids is 1. The van der Waals surface area contributed by atoms with Gasteiger partial charge < -0.3 is 4.74 Å². The fourth-order valence-corrected chi connectivity index (χ4v) is 1.36. The van der Waals surface area contributed by atoms with Gasteiger partial charge in [-0.25, -0.2) is 14.4 Å². The Bertz CT molecular complexity index is 418. The first-order chi connectivity index (χ1) is 8.22. The normalized spacial score (nSPS) is 11.4. The smallest absolute Gasteiger partial charge is 0.417 e. The summed E-state index contributed by atoms with van der Waals surface area (Å²) >= 11 is 0. The fraction of sp³-hybridized carbons (Fsp3) is 0.583. The SMILES string of the molecule is CC(C)N(C(=N)n1cccn1)C(=O)OC(C)(C)C. The van der Waals surface area contributed by atoms with Crippen molar-refractivity contribution in [3.8, 4) is 0 Å². The molecule has 1 heterocycles. The highest BCUT2D eigenvalue weighted by Gasteiger charge is 2.28. The Balaban J connectivity index is 2.90. The Kier molecular flexibility index (Phi) is 4.11. The molecule has 1 aromatic heterocycles. The third kappa shape index (κ3) is 3.58. The van der Waals surface area contributed by atoms with Crippen molar-refractivity contribution in [3.63, 3.8) is 0 Å². The second-order valence-corrected chi connectivity index (χ2v) is 5.22. The van der Waals surface area contributed by atoms with E-state index in [9.17, 15) is 4.79 Å². The number of nitrogens with one attached hydrogen (secondary N) is 1. The molecule has 0 aliphatic carbocycles. The van der Waals surface area contributed by atoms with Crippen LogP contribution in [0.5, 0.6) is 0 Å². The van der Waals surface area contributed by atoms with Crippen molar-refractivity contribution in [2.45, 2.75) is 46.3 Å². The highest BCUT2D eigenvalue weighted by atomic mass is 16.6. The summed E-state index contributed by atoms with van der Waals surface area (Å²) in [5.41, 5.74) is -0.589. The maximum absolute atomic E-state index is 12.1. The van der Waals surface area contributed by atoms with Gasteiger partial charge in [0.25, 0.3) is 0 Å². The Morgan fingerprint density at radius 1 is 1.44 bits per heavy atom. The van der Waals surface area contributed by atoms with Gasteiger partial charge in [0, 0.05) is 18.4 Å². The zero-order valence-corrected chi connectivity index (χ0v) is 11.5. The number of hydrogen-bond acceptors (Lipinski definition) is 4. The lowest BCUT2D eigenvalue weighted by molar-refractivity contribution is 0.0323. The first kappa shape index (κ1) is 14.2. The van der Waals surface area contributed by atoms with E-state index in [2.05, 4.69) is 5.10 Å². The van der Waals surface area contributed by atoms with Crippen molar-refractivity contribution >= 4 is 12.1 Å². The quantitative estimate of drug-likeness (QED) is 0.616. The van der Waals surface area contributed by atoms with Crippen molar-refractivity contribution in [1.29, 1.82) is 5.41 Å². The third-order valence-corrected chi connectivity index (χ3v) is 2.06. The summed E-state index contributed by atoms with van der Waals surface area (Å²) in [6.07, 6.45) is 2.63. The molecule has 1 aromatic rings. The Labute approximate surface area is 107 Å². The minimum Gasteiger partial charge on any atom is -0.443 e. The number of nitrogens with zero attached hydrogens (tertiary/aromatic N) is 3. The molecule has 1 amide bonds. The summed E-state index contributed by atoms with van der Waals surface area (Å²) in [4.78, 5) is 13.3. The molecule has 0 radical (unpaired) electrons. The average molecular weight is 252 g/mol. The molecule has 6 nitrogen and oxygen atoms in total. The molecule has 18 heavy (non-hydrogen) atoms. The number of carbonyl (C=O) groups is 1. The van der Waals surface area contributed by atoms with Crippen LogP contribution in [0, 0.1) is 5.41 Å². The Morgan fingerprint density at radius 3 is 2.44 bits per heavy atom. The molecule has 1 rings (SSSR count). The van der Waals surface area contributed by atoms with Crippen LogP contribution in [0.25, 0.3) is 0 Å². The number of amides is 1. The predicted octanol–water partition coefficient (Wildman–Crippen LogP) is 2.31. The molecule has 0 bridgehead atoms. The van der Waals surface area contributed by atoms with Gasteiger partial charge in [-0.15, -0.1) is 0 Å². The van der Waals surface area contributed by atoms with E-state index in [1.807, 2.05) is 13.8 Å². The van der Waals surface area contributed by atoms with E-state index < -0.39 is 11.7 Å². The van der Waals surface area contributed by atoms with E-state index in [1.54, 1.807) is 39.2 Å². The second kappa shape index (κ2) is 5.20. The minimum absolute atomic E-state index is 0.0238. The first-order valence-corrected chi connectivity index (χ1v) is 5.83. The van der Waals surface area contributed by atoms with Crippen LogP contribution in [0.1, 0.15) is 34.6 Å². The van der Waals surface area contributed by atoms with Crippen LogP contribution < -0.4 is 0 Å². The van der Waals surface area contributed by atoms with Crippen LogP contribution in [0.2, 0.25) is 0 Å². The molecule has 0 aromatic carbocycles. The summed E-state index contributed by atoms with van der Waals surface area (Å²) in [7, 11) is 0. The maximum Gasteiger partial charge on any atom is 0.417 e. The lowest BCUT2D eigenvalue weighted by atomic mass is 10.2. The Morgan fingerprint density at radius 2 is 2.06 bits per heavy atom. The molecule has 0 fully saturated rings. The van der Waals surface area contributed by atoms with Gasteiger partial charge in [-0.1, -0.05) is 0 Å². The molecule has 0 atom stereocenters. The zero-order valence-electron chi connectivity index (χ0n) is 11.5. The molecule has 0 unspecified atom stereocenters. The van der Waals surface area contributed by atoms with E-state index >= 15 is 0 Å². The van der Waals surface area contributed by atoms with Crippen LogP contribution in [-0.4, -0.2) is 38.4 Å². The van der Waals surface area contributed by atoms with Crippen molar-refractivity contribution in [1.82, 2.24) is 14.7 Å². The molecular formula is C12H20N4O2. The molecule has 6 heteroatoms. The lowest BCUT2D eigenvalue weighted by Crippen LogP contribution is -2.47. The van der Waals surface area contributed by atoms with Gasteiger partial charge in [0.2, 0.25) is 5.96 Å². The first-order valence-electron chi connectivity index (χ1n) is 5.83. The van der Waals surface area contributed by atoms with Crippen LogP contribution in [-0.2, 0) is 4.74 Å². The number of aromatic nitrogens is 2. The van der Waals surface area contributed by atoms with E-state index in [4.69, 9.17) is 10.1 Å². The van der Waals surface area contributed by atoms with Gasteiger partial charge in [-0.05, 0) is 40.7 Å². The van der Waals surface area contributed by atoms with Crippen LogP contribution in [0.3, 0.4) is 0 Å². The summed E-state index contributed by atoms with van der Waals surface area (Å²) in [5, 5.41) is 11.9. The number of ether oxygens (including phenoxy) is 1. The van der Waals surface area contributed by atoms with E-state index in [0.29, 0.717) is 0 Å². The van der Waals surface area contributed by atoms with Gasteiger partial charge in [0.15, 0.2) is 0 Å². The van der Waals surface area contributed by atoms with E-state index in [0.717, 1.165) is 0 Å². The van der Waals surface area contributed by atoms with Gasteiger partial charge in [0.1, 0.15) is 5.60 Å². The molecule has 0 saturated heterocycles. The third-order valence-electron chi connectivity index (χ3n) is 2.06. The molecule has 0 aliphatic heterocycles. The van der Waals surface area contributed by atoms with E-state index in [-0.39, 0.29) is 12.0 Å². The average Bonchev–Trinajstić information content (AvgIpc) is 2.65. The minimum atomic E-state index is -0.589. The highest BCUT2D eigenvalue weighted by Crippen LogP contribution is 2.12. The topological polar surface area (TPSA) is 71.2 Å². The molecule has 0 spiro atoms. The second-order valence-electron chi connectivity index (χ2n) is 5.22. The molecule has 0 aliphatic rings.